The first-order valence-corrected chi connectivity index (χ1v) is 6.40. The molecule has 0 fully saturated rings. The van der Waals surface area contributed by atoms with Crippen molar-refractivity contribution in [1.29, 1.82) is 0 Å². The summed E-state index contributed by atoms with van der Waals surface area (Å²) in [5.41, 5.74) is 0.577. The minimum Gasteiger partial charge on any atom is -0.323 e. The van der Waals surface area contributed by atoms with Gasteiger partial charge in [-0.05, 0) is 30.6 Å². The number of hydrogen-bond donors (Lipinski definition) is 1. The maximum Gasteiger partial charge on any atom is 0.224 e. The van der Waals surface area contributed by atoms with E-state index in [4.69, 9.17) is 11.6 Å². The molecule has 1 rings (SSSR count). The second-order valence-corrected chi connectivity index (χ2v) is 4.33. The number of nitrogens with zero attached hydrogens (tertiary/aromatic N) is 1. The summed E-state index contributed by atoms with van der Waals surface area (Å²) in [6, 6.07) is 3.48. The number of hydrogen-bond acceptors (Lipinski definition) is 3. The van der Waals surface area contributed by atoms with Crippen LogP contribution in [-0.2, 0) is 4.79 Å². The fourth-order valence-corrected chi connectivity index (χ4v) is 1.67. The van der Waals surface area contributed by atoms with Gasteiger partial charge in [0.1, 0.15) is 0 Å². The Morgan fingerprint density at radius 3 is 3.13 bits per heavy atom. The van der Waals surface area contributed by atoms with Crippen molar-refractivity contribution in [1.82, 2.24) is 4.98 Å². The second kappa shape index (κ2) is 6.69. The molecule has 1 aromatic rings. The summed E-state index contributed by atoms with van der Waals surface area (Å²) in [4.78, 5) is 15.3. The summed E-state index contributed by atoms with van der Waals surface area (Å²) < 4.78 is 0. The summed E-state index contributed by atoms with van der Waals surface area (Å²) >= 11 is 7.53. The van der Waals surface area contributed by atoms with E-state index in [1.165, 1.54) is 0 Å². The van der Waals surface area contributed by atoms with Gasteiger partial charge in [-0.3, -0.25) is 4.79 Å². The van der Waals surface area contributed by atoms with E-state index in [-0.39, 0.29) is 5.91 Å². The van der Waals surface area contributed by atoms with E-state index in [1.807, 2.05) is 6.26 Å². The number of amides is 1. The number of pyridine rings is 1. The molecule has 0 aliphatic rings. The van der Waals surface area contributed by atoms with Crippen LogP contribution in [0.15, 0.2) is 18.3 Å². The van der Waals surface area contributed by atoms with Gasteiger partial charge in [-0.15, -0.1) is 0 Å². The average Bonchev–Trinajstić information content (AvgIpc) is 2.22. The largest absolute Gasteiger partial charge is 0.323 e. The van der Waals surface area contributed by atoms with Crippen molar-refractivity contribution in [3.63, 3.8) is 0 Å². The molecule has 0 aromatic carbocycles. The molecular formula is C10H13ClN2OS. The summed E-state index contributed by atoms with van der Waals surface area (Å²) in [5, 5.41) is 3.06. The standard InChI is InChI=1S/C10H13ClN2OS/c1-15-7-3-5-9(14)13-8-4-2-6-12-10(8)11/h2,4,6H,3,5,7H2,1H3,(H,13,14). The van der Waals surface area contributed by atoms with Gasteiger partial charge in [0, 0.05) is 12.6 Å². The molecule has 3 nitrogen and oxygen atoms in total. The van der Waals surface area contributed by atoms with Crippen LogP contribution in [0, 0.1) is 0 Å². The number of nitrogens with one attached hydrogen (secondary N) is 1. The molecule has 1 aromatic heterocycles. The van der Waals surface area contributed by atoms with Gasteiger partial charge >= 0.3 is 0 Å². The summed E-state index contributed by atoms with van der Waals surface area (Å²) in [5.74, 6) is 0.979. The molecule has 0 saturated heterocycles. The van der Waals surface area contributed by atoms with E-state index < -0.39 is 0 Å². The third-order valence-corrected chi connectivity index (χ3v) is 2.78. The molecular weight excluding hydrogens is 232 g/mol. The quantitative estimate of drug-likeness (QED) is 0.640. The van der Waals surface area contributed by atoms with E-state index >= 15 is 0 Å². The molecule has 0 aliphatic carbocycles. The summed E-state index contributed by atoms with van der Waals surface area (Å²) in [6.45, 7) is 0. The van der Waals surface area contributed by atoms with E-state index in [0.29, 0.717) is 17.3 Å². The van der Waals surface area contributed by atoms with Gasteiger partial charge in [0.05, 0.1) is 5.69 Å². The number of carbonyl (C=O) groups is 1. The Labute approximate surface area is 98.6 Å². The Balaban J connectivity index is 2.41. The van der Waals surface area contributed by atoms with Crippen LogP contribution in [-0.4, -0.2) is 22.9 Å². The van der Waals surface area contributed by atoms with Crippen LogP contribution in [0.1, 0.15) is 12.8 Å². The van der Waals surface area contributed by atoms with Crippen molar-refractivity contribution in [2.45, 2.75) is 12.8 Å². The van der Waals surface area contributed by atoms with Crippen molar-refractivity contribution in [3.8, 4) is 0 Å². The highest BCUT2D eigenvalue weighted by atomic mass is 35.5. The Hall–Kier alpha value is -0.740. The first kappa shape index (κ1) is 12.3. The lowest BCUT2D eigenvalue weighted by Gasteiger charge is -2.05. The molecule has 1 N–H and O–H groups in total. The fraction of sp³-hybridized carbons (Fsp3) is 0.400. The van der Waals surface area contributed by atoms with E-state index in [0.717, 1.165) is 12.2 Å². The molecule has 0 saturated carbocycles. The predicted molar refractivity (Wildman–Crippen MR) is 65.5 cm³/mol. The van der Waals surface area contributed by atoms with E-state index in [2.05, 4.69) is 10.3 Å². The Bertz CT molecular complexity index is 333. The highest BCUT2D eigenvalue weighted by Gasteiger charge is 2.05. The number of rotatable bonds is 5. The van der Waals surface area contributed by atoms with Crippen LogP contribution in [0.2, 0.25) is 5.15 Å². The van der Waals surface area contributed by atoms with Crippen LogP contribution in [0.25, 0.3) is 0 Å². The molecule has 1 heterocycles. The molecule has 0 unspecified atom stereocenters. The Morgan fingerprint density at radius 2 is 2.47 bits per heavy atom. The van der Waals surface area contributed by atoms with Crippen LogP contribution >= 0.6 is 23.4 Å². The summed E-state index contributed by atoms with van der Waals surface area (Å²) in [6.07, 6.45) is 5.01. The number of anilines is 1. The van der Waals surface area contributed by atoms with Crippen LogP contribution < -0.4 is 5.32 Å². The number of carbonyl (C=O) groups excluding carboxylic acids is 1. The SMILES string of the molecule is CSCCCC(=O)Nc1cccnc1Cl. The minimum absolute atomic E-state index is 0.0149. The normalized spacial score (nSPS) is 10.0. The summed E-state index contributed by atoms with van der Waals surface area (Å²) in [7, 11) is 0. The van der Waals surface area contributed by atoms with Gasteiger partial charge in [-0.1, -0.05) is 11.6 Å². The Morgan fingerprint density at radius 1 is 1.67 bits per heavy atom. The second-order valence-electron chi connectivity index (χ2n) is 2.99. The first-order chi connectivity index (χ1) is 7.24. The number of aromatic nitrogens is 1. The van der Waals surface area contributed by atoms with Gasteiger partial charge in [0.2, 0.25) is 5.91 Å². The third-order valence-electron chi connectivity index (χ3n) is 1.79. The third kappa shape index (κ3) is 4.53. The van der Waals surface area contributed by atoms with E-state index in [1.54, 1.807) is 30.1 Å². The zero-order valence-electron chi connectivity index (χ0n) is 8.50. The molecule has 0 spiro atoms. The van der Waals surface area contributed by atoms with Gasteiger partial charge in [0.25, 0.3) is 0 Å². The molecule has 5 heteroatoms. The lowest BCUT2D eigenvalue weighted by molar-refractivity contribution is -0.116. The average molecular weight is 245 g/mol. The maximum absolute atomic E-state index is 11.4. The number of thioether (sulfide) groups is 1. The van der Waals surface area contributed by atoms with Gasteiger partial charge in [-0.2, -0.15) is 11.8 Å². The highest BCUT2D eigenvalue weighted by Crippen LogP contribution is 2.17. The van der Waals surface area contributed by atoms with Crippen molar-refractivity contribution >= 4 is 35.0 Å². The highest BCUT2D eigenvalue weighted by molar-refractivity contribution is 7.98. The molecule has 15 heavy (non-hydrogen) atoms. The van der Waals surface area contributed by atoms with Gasteiger partial charge in [0.15, 0.2) is 5.15 Å². The van der Waals surface area contributed by atoms with Crippen molar-refractivity contribution < 1.29 is 4.79 Å². The minimum atomic E-state index is -0.0149. The zero-order valence-corrected chi connectivity index (χ0v) is 10.1. The van der Waals surface area contributed by atoms with Gasteiger partial charge < -0.3 is 5.32 Å². The van der Waals surface area contributed by atoms with Crippen LogP contribution in [0.4, 0.5) is 5.69 Å². The molecule has 0 aliphatic heterocycles. The van der Waals surface area contributed by atoms with Gasteiger partial charge in [-0.25, -0.2) is 4.98 Å². The van der Waals surface area contributed by atoms with Crippen LogP contribution in [0.3, 0.4) is 0 Å². The van der Waals surface area contributed by atoms with Crippen molar-refractivity contribution in [3.05, 3.63) is 23.5 Å². The Kier molecular flexibility index (Phi) is 5.50. The van der Waals surface area contributed by atoms with E-state index in [9.17, 15) is 4.79 Å². The lowest BCUT2D eigenvalue weighted by Crippen LogP contribution is -2.12. The monoisotopic (exact) mass is 244 g/mol. The smallest absolute Gasteiger partial charge is 0.224 e. The molecule has 0 radical (unpaired) electrons. The van der Waals surface area contributed by atoms with Crippen LogP contribution in [0.5, 0.6) is 0 Å². The molecule has 0 atom stereocenters. The fourth-order valence-electron chi connectivity index (χ4n) is 1.07. The maximum atomic E-state index is 11.4. The van der Waals surface area contributed by atoms with Crippen molar-refractivity contribution in [2.24, 2.45) is 0 Å². The lowest BCUT2D eigenvalue weighted by atomic mass is 10.3. The number of halogens is 1. The zero-order chi connectivity index (χ0) is 11.1. The topological polar surface area (TPSA) is 42.0 Å². The predicted octanol–water partition coefficient (Wildman–Crippen LogP) is 2.82. The van der Waals surface area contributed by atoms with Crippen molar-refractivity contribution in [2.75, 3.05) is 17.3 Å². The first-order valence-electron chi connectivity index (χ1n) is 4.63. The molecule has 0 bridgehead atoms. The molecule has 1 amide bonds. The molecule has 82 valence electrons.